The molecule has 1 saturated heterocycles. The van der Waals surface area contributed by atoms with E-state index in [1.54, 1.807) is 0 Å². The third-order valence-corrected chi connectivity index (χ3v) is 6.80. The van der Waals surface area contributed by atoms with Crippen molar-refractivity contribution in [3.63, 3.8) is 0 Å². The molecule has 5 nitrogen and oxygen atoms in total. The van der Waals surface area contributed by atoms with Crippen LogP contribution < -0.4 is 5.32 Å². The number of benzene rings is 2. The van der Waals surface area contributed by atoms with E-state index in [0.717, 1.165) is 75.6 Å². The Kier molecular flexibility index (Phi) is 8.30. The van der Waals surface area contributed by atoms with E-state index in [4.69, 9.17) is 23.2 Å². The van der Waals surface area contributed by atoms with Gasteiger partial charge < -0.3 is 9.88 Å². The molecule has 7 heteroatoms. The molecule has 172 valence electrons. The van der Waals surface area contributed by atoms with Gasteiger partial charge in [0.2, 0.25) is 0 Å². The lowest BCUT2D eigenvalue weighted by Crippen LogP contribution is -2.45. The second-order valence-corrected chi connectivity index (χ2v) is 9.30. The summed E-state index contributed by atoms with van der Waals surface area (Å²) in [6, 6.07) is 18.4. The first kappa shape index (κ1) is 23.7. The summed E-state index contributed by atoms with van der Waals surface area (Å²) in [4.78, 5) is 4.86. The SMILES string of the molecule is N#Cc1ccc(NCCCn2cccc2)cc1CN1CCN(Cc2ccc(Cl)c(Cl)c2)CC1. The first-order valence-electron chi connectivity index (χ1n) is 11.4. The standard InChI is InChI=1S/C26H29Cl2N5/c27-25-7-4-21(16-26(25)28)19-32-12-14-33(15-13-32)20-23-17-24(6-5-22(23)18-29)30-8-3-11-31-9-1-2-10-31/h1-2,4-7,9-10,16-17,30H,3,8,11-15,19-20H2. The topological polar surface area (TPSA) is 47.2 Å². The monoisotopic (exact) mass is 481 g/mol. The van der Waals surface area contributed by atoms with Crippen molar-refractivity contribution in [2.75, 3.05) is 38.0 Å². The third kappa shape index (κ3) is 6.75. The van der Waals surface area contributed by atoms with Gasteiger partial charge in [-0.2, -0.15) is 5.26 Å². The lowest BCUT2D eigenvalue weighted by atomic mass is 10.1. The third-order valence-electron chi connectivity index (χ3n) is 6.06. The molecule has 2 aromatic carbocycles. The first-order chi connectivity index (χ1) is 16.1. The number of anilines is 1. The van der Waals surface area contributed by atoms with Crippen LogP contribution in [0.2, 0.25) is 10.0 Å². The van der Waals surface area contributed by atoms with Gasteiger partial charge in [0, 0.05) is 70.4 Å². The van der Waals surface area contributed by atoms with E-state index in [2.05, 4.69) is 44.2 Å². The minimum absolute atomic E-state index is 0.594. The Balaban J connectivity index is 1.27. The summed E-state index contributed by atoms with van der Waals surface area (Å²) in [5, 5.41) is 14.3. The minimum atomic E-state index is 0.594. The molecule has 1 aliphatic rings. The zero-order valence-electron chi connectivity index (χ0n) is 18.7. The van der Waals surface area contributed by atoms with Crippen LogP contribution in [0.5, 0.6) is 0 Å². The molecular weight excluding hydrogens is 453 g/mol. The summed E-state index contributed by atoms with van der Waals surface area (Å²) in [6.07, 6.45) is 5.22. The highest BCUT2D eigenvalue weighted by molar-refractivity contribution is 6.42. The molecule has 4 rings (SSSR count). The number of aromatic nitrogens is 1. The summed E-state index contributed by atoms with van der Waals surface area (Å²) in [5.74, 6) is 0. The second kappa shape index (κ2) is 11.6. The van der Waals surface area contributed by atoms with Crippen LogP contribution in [-0.2, 0) is 19.6 Å². The molecular formula is C26H29Cl2N5. The highest BCUT2D eigenvalue weighted by Crippen LogP contribution is 2.24. The second-order valence-electron chi connectivity index (χ2n) is 8.49. The van der Waals surface area contributed by atoms with Crippen LogP contribution in [0.1, 0.15) is 23.1 Å². The van der Waals surface area contributed by atoms with Crippen molar-refractivity contribution < 1.29 is 0 Å². The molecule has 1 fully saturated rings. The number of hydrogen-bond acceptors (Lipinski definition) is 4. The van der Waals surface area contributed by atoms with Crippen LogP contribution in [0, 0.1) is 11.3 Å². The highest BCUT2D eigenvalue weighted by atomic mass is 35.5. The molecule has 0 unspecified atom stereocenters. The van der Waals surface area contributed by atoms with Gasteiger partial charge in [0.05, 0.1) is 21.7 Å². The molecule has 0 atom stereocenters. The van der Waals surface area contributed by atoms with Gasteiger partial charge in [-0.05, 0) is 60.0 Å². The number of nitriles is 1. The Bertz CT molecular complexity index is 1080. The number of piperazine rings is 1. The van der Waals surface area contributed by atoms with Gasteiger partial charge in [-0.3, -0.25) is 9.80 Å². The lowest BCUT2D eigenvalue weighted by molar-refractivity contribution is 0.122. The number of rotatable bonds is 9. The molecule has 33 heavy (non-hydrogen) atoms. The molecule has 0 radical (unpaired) electrons. The normalized spacial score (nSPS) is 14.8. The number of nitrogens with one attached hydrogen (secondary N) is 1. The van der Waals surface area contributed by atoms with Crippen LogP contribution in [0.4, 0.5) is 5.69 Å². The molecule has 0 bridgehead atoms. The summed E-state index contributed by atoms with van der Waals surface area (Å²) in [6.45, 7) is 7.48. The predicted octanol–water partition coefficient (Wildman–Crippen LogP) is 5.49. The zero-order valence-corrected chi connectivity index (χ0v) is 20.2. The summed E-state index contributed by atoms with van der Waals surface area (Å²) in [7, 11) is 0. The Hall–Kier alpha value is -2.49. The van der Waals surface area contributed by atoms with Crippen LogP contribution in [-0.4, -0.2) is 47.1 Å². The van der Waals surface area contributed by atoms with Gasteiger partial charge >= 0.3 is 0 Å². The van der Waals surface area contributed by atoms with Crippen LogP contribution >= 0.6 is 23.2 Å². The maximum atomic E-state index is 9.59. The fourth-order valence-electron chi connectivity index (χ4n) is 4.20. The molecule has 0 amide bonds. The smallest absolute Gasteiger partial charge is 0.0995 e. The van der Waals surface area contributed by atoms with Gasteiger partial charge in [0.1, 0.15) is 0 Å². The molecule has 2 heterocycles. The molecule has 1 aliphatic heterocycles. The first-order valence-corrected chi connectivity index (χ1v) is 12.1. The van der Waals surface area contributed by atoms with Gasteiger partial charge in [0.15, 0.2) is 0 Å². The predicted molar refractivity (Wildman–Crippen MR) is 136 cm³/mol. The van der Waals surface area contributed by atoms with E-state index in [1.165, 1.54) is 5.56 Å². The highest BCUT2D eigenvalue weighted by Gasteiger charge is 2.18. The van der Waals surface area contributed by atoms with E-state index in [9.17, 15) is 5.26 Å². The van der Waals surface area contributed by atoms with E-state index < -0.39 is 0 Å². The number of hydrogen-bond donors (Lipinski definition) is 1. The molecule has 0 spiro atoms. The molecule has 0 saturated carbocycles. The van der Waals surface area contributed by atoms with Crippen molar-refractivity contribution >= 4 is 28.9 Å². The zero-order chi connectivity index (χ0) is 23.0. The van der Waals surface area contributed by atoms with Crippen LogP contribution in [0.25, 0.3) is 0 Å². The summed E-state index contributed by atoms with van der Waals surface area (Å²) in [5.41, 5.74) is 4.10. The maximum absolute atomic E-state index is 9.59. The molecule has 1 aromatic heterocycles. The quantitative estimate of drug-likeness (QED) is 0.410. The van der Waals surface area contributed by atoms with E-state index in [0.29, 0.717) is 10.0 Å². The number of nitrogens with zero attached hydrogens (tertiary/aromatic N) is 4. The largest absolute Gasteiger partial charge is 0.385 e. The molecule has 0 aliphatic carbocycles. The Morgan fingerprint density at radius 1 is 0.879 bits per heavy atom. The summed E-state index contributed by atoms with van der Waals surface area (Å²) < 4.78 is 2.19. The van der Waals surface area contributed by atoms with Gasteiger partial charge in [0.25, 0.3) is 0 Å². The summed E-state index contributed by atoms with van der Waals surface area (Å²) >= 11 is 12.2. The Labute approximate surface area is 206 Å². The average Bonchev–Trinajstić information content (AvgIpc) is 3.34. The van der Waals surface area contributed by atoms with Gasteiger partial charge in [-0.25, -0.2) is 0 Å². The maximum Gasteiger partial charge on any atom is 0.0995 e. The number of halogens is 2. The molecule has 3 aromatic rings. The van der Waals surface area contributed by atoms with Crippen LogP contribution in [0.15, 0.2) is 60.9 Å². The van der Waals surface area contributed by atoms with E-state index in [1.807, 2.05) is 42.5 Å². The Morgan fingerprint density at radius 2 is 1.61 bits per heavy atom. The fourth-order valence-corrected chi connectivity index (χ4v) is 4.52. The van der Waals surface area contributed by atoms with Crippen molar-refractivity contribution in [2.45, 2.75) is 26.1 Å². The molecule has 1 N–H and O–H groups in total. The van der Waals surface area contributed by atoms with Crippen molar-refractivity contribution in [2.24, 2.45) is 0 Å². The van der Waals surface area contributed by atoms with Crippen molar-refractivity contribution in [3.8, 4) is 6.07 Å². The number of aryl methyl sites for hydroxylation is 1. The van der Waals surface area contributed by atoms with Crippen LogP contribution in [0.3, 0.4) is 0 Å². The van der Waals surface area contributed by atoms with Crippen molar-refractivity contribution in [1.29, 1.82) is 5.26 Å². The van der Waals surface area contributed by atoms with Gasteiger partial charge in [-0.1, -0.05) is 29.3 Å². The fraction of sp³-hybridized carbons (Fsp3) is 0.346. The van der Waals surface area contributed by atoms with Crippen molar-refractivity contribution in [1.82, 2.24) is 14.4 Å². The lowest BCUT2D eigenvalue weighted by Gasteiger charge is -2.35. The van der Waals surface area contributed by atoms with E-state index >= 15 is 0 Å². The Morgan fingerprint density at radius 3 is 2.30 bits per heavy atom. The minimum Gasteiger partial charge on any atom is -0.385 e. The average molecular weight is 482 g/mol. The van der Waals surface area contributed by atoms with E-state index in [-0.39, 0.29) is 0 Å². The van der Waals surface area contributed by atoms with Gasteiger partial charge in [-0.15, -0.1) is 0 Å². The van der Waals surface area contributed by atoms with Crippen molar-refractivity contribution in [3.05, 3.63) is 87.7 Å².